The van der Waals surface area contributed by atoms with E-state index in [1.165, 1.54) is 24.3 Å². The minimum atomic E-state index is -1.51. The van der Waals surface area contributed by atoms with E-state index in [9.17, 15) is 34.9 Å². The molecule has 4 rings (SSSR count). The van der Waals surface area contributed by atoms with Gasteiger partial charge in [0.1, 0.15) is 19.0 Å². The molecule has 0 spiro atoms. The molecule has 0 atom stereocenters. The first-order valence-electron chi connectivity index (χ1n) is 11.9. The highest BCUT2D eigenvalue weighted by molar-refractivity contribution is 6.06. The zero-order valence-electron chi connectivity index (χ0n) is 21.4. The second-order valence-electron chi connectivity index (χ2n) is 8.49. The first-order valence-corrected chi connectivity index (χ1v) is 11.9. The van der Waals surface area contributed by atoms with Gasteiger partial charge in [-0.05, 0) is 47.0 Å². The molecule has 42 heavy (non-hydrogen) atoms. The number of carboxylic acid groups (broad SMARTS) is 1. The van der Waals surface area contributed by atoms with Crippen LogP contribution in [0, 0.1) is 20.2 Å². The Morgan fingerprint density at radius 3 is 1.88 bits per heavy atom. The Bertz CT molecular complexity index is 1600. The van der Waals surface area contributed by atoms with Crippen LogP contribution in [0.15, 0.2) is 84.9 Å². The van der Waals surface area contributed by atoms with Crippen LogP contribution < -0.4 is 9.62 Å². The van der Waals surface area contributed by atoms with E-state index in [0.717, 1.165) is 23.8 Å². The van der Waals surface area contributed by atoms with Crippen molar-refractivity contribution in [1.82, 2.24) is 0 Å². The first-order chi connectivity index (χ1) is 20.2. The number of carbonyl (C=O) groups excluding carboxylic acids is 1. The van der Waals surface area contributed by atoms with E-state index in [1.54, 1.807) is 42.5 Å². The maximum absolute atomic E-state index is 12.7. The number of nitro groups is 2. The number of benzene rings is 4. The van der Waals surface area contributed by atoms with Crippen LogP contribution in [-0.2, 0) is 23.0 Å². The summed E-state index contributed by atoms with van der Waals surface area (Å²) in [5.41, 5.74) is -0.179. The molecule has 0 aromatic heterocycles. The highest BCUT2D eigenvalue weighted by Gasteiger charge is 2.28. The first kappa shape index (κ1) is 29.3. The van der Waals surface area contributed by atoms with E-state index in [1.807, 2.05) is 0 Å². The van der Waals surface area contributed by atoms with E-state index < -0.39 is 38.6 Å². The maximum atomic E-state index is 12.7. The Kier molecular flexibility index (Phi) is 9.14. The number of nitrogens with zero attached hydrogens (tertiary/aromatic N) is 2. The minimum absolute atomic E-state index is 0.0348. The topological polar surface area (TPSA) is 198 Å². The molecule has 214 valence electrons. The molecule has 0 amide bonds. The molecule has 0 heterocycles. The summed E-state index contributed by atoms with van der Waals surface area (Å²) in [7, 11) is 0. The number of carbonyl (C=O) groups is 2. The molecule has 0 aliphatic carbocycles. The van der Waals surface area contributed by atoms with Crippen molar-refractivity contribution in [3.8, 4) is 22.6 Å². The molecule has 0 unspecified atom stereocenters. The summed E-state index contributed by atoms with van der Waals surface area (Å²) in [4.78, 5) is 59.9. The molecule has 0 fully saturated rings. The van der Waals surface area contributed by atoms with Crippen LogP contribution in [0.25, 0.3) is 11.1 Å². The molecular formula is C28H20N2O12. The van der Waals surface area contributed by atoms with Crippen molar-refractivity contribution in [2.75, 3.05) is 0 Å². The van der Waals surface area contributed by atoms with Crippen molar-refractivity contribution in [3.63, 3.8) is 0 Å². The lowest BCUT2D eigenvalue weighted by molar-refractivity contribution is -0.386. The molecule has 0 radical (unpaired) electrons. The second kappa shape index (κ2) is 13.1. The summed E-state index contributed by atoms with van der Waals surface area (Å²) >= 11 is 0. The van der Waals surface area contributed by atoms with Crippen LogP contribution in [0.5, 0.6) is 11.5 Å². The largest absolute Gasteiger partial charge is 0.478 e. The second-order valence-corrected chi connectivity index (χ2v) is 8.49. The van der Waals surface area contributed by atoms with Crippen LogP contribution in [0.2, 0.25) is 0 Å². The van der Waals surface area contributed by atoms with E-state index in [2.05, 4.69) is 4.89 Å². The molecule has 2 N–H and O–H groups in total. The van der Waals surface area contributed by atoms with Gasteiger partial charge in [-0.1, -0.05) is 42.5 Å². The van der Waals surface area contributed by atoms with Crippen molar-refractivity contribution < 1.29 is 49.2 Å². The Balaban J connectivity index is 1.41. The Morgan fingerprint density at radius 1 is 0.738 bits per heavy atom. The maximum Gasteiger partial charge on any atom is 0.351 e. The average molecular weight is 576 g/mol. The van der Waals surface area contributed by atoms with Crippen LogP contribution in [0.4, 0.5) is 11.4 Å². The lowest BCUT2D eigenvalue weighted by Crippen LogP contribution is -2.16. The number of hydrogen-bond acceptors (Lipinski definition) is 11. The van der Waals surface area contributed by atoms with Crippen molar-refractivity contribution in [2.24, 2.45) is 0 Å². The number of ether oxygens (including phenoxy) is 1. The van der Waals surface area contributed by atoms with Crippen LogP contribution in [-0.4, -0.2) is 32.1 Å². The molecule has 14 nitrogen and oxygen atoms in total. The van der Waals surface area contributed by atoms with Gasteiger partial charge in [0.25, 0.3) is 11.4 Å². The minimum Gasteiger partial charge on any atom is -0.478 e. The molecule has 14 heteroatoms. The normalized spacial score (nSPS) is 10.6. The van der Waals surface area contributed by atoms with Crippen molar-refractivity contribution in [2.45, 2.75) is 13.2 Å². The summed E-state index contributed by atoms with van der Waals surface area (Å²) < 4.78 is 5.21. The third-order valence-electron chi connectivity index (χ3n) is 5.95. The smallest absolute Gasteiger partial charge is 0.351 e. The number of esters is 1. The van der Waals surface area contributed by atoms with E-state index in [0.29, 0.717) is 16.9 Å². The summed E-state index contributed by atoms with van der Waals surface area (Å²) in [5.74, 6) is -2.37. The van der Waals surface area contributed by atoms with Crippen molar-refractivity contribution in [1.29, 1.82) is 0 Å². The third-order valence-corrected chi connectivity index (χ3v) is 5.95. The molecule has 0 saturated carbocycles. The van der Waals surface area contributed by atoms with Crippen molar-refractivity contribution in [3.05, 3.63) is 127 Å². The Labute approximate surface area is 236 Å². The summed E-state index contributed by atoms with van der Waals surface area (Å²) in [6.45, 7) is -0.569. The van der Waals surface area contributed by atoms with Crippen LogP contribution in [0.1, 0.15) is 31.8 Å². The third kappa shape index (κ3) is 6.71. The van der Waals surface area contributed by atoms with Gasteiger partial charge < -0.3 is 14.7 Å². The van der Waals surface area contributed by atoms with E-state index in [-0.39, 0.29) is 30.2 Å². The molecule has 0 bridgehead atoms. The van der Waals surface area contributed by atoms with Crippen LogP contribution >= 0.6 is 0 Å². The highest BCUT2D eigenvalue weighted by atomic mass is 17.2. The summed E-state index contributed by atoms with van der Waals surface area (Å²) in [6, 6.07) is 20.2. The van der Waals surface area contributed by atoms with Gasteiger partial charge in [0, 0.05) is 12.1 Å². The lowest BCUT2D eigenvalue weighted by Gasteiger charge is -2.10. The van der Waals surface area contributed by atoms with Gasteiger partial charge in [-0.2, -0.15) is 4.89 Å². The van der Waals surface area contributed by atoms with Gasteiger partial charge in [0.2, 0.25) is 0 Å². The zero-order valence-corrected chi connectivity index (χ0v) is 21.4. The number of carboxylic acids is 1. The molecular weight excluding hydrogens is 556 g/mol. The lowest BCUT2D eigenvalue weighted by atomic mass is 10.0. The predicted octanol–water partition coefficient (Wildman–Crippen LogP) is 5.59. The van der Waals surface area contributed by atoms with E-state index in [4.69, 9.17) is 19.8 Å². The zero-order chi connectivity index (χ0) is 30.2. The Hall–Kier alpha value is -5.70. The van der Waals surface area contributed by atoms with Gasteiger partial charge >= 0.3 is 11.9 Å². The SMILES string of the molecule is O=C(O)c1cccc([N+](=O)[O-])c1C(=O)Oc1ccc(-c2ccc(OOCc3c(COO)cccc3[N+](=O)[O-])cc2)cc1. The molecule has 4 aromatic carbocycles. The molecule has 0 aliphatic heterocycles. The summed E-state index contributed by atoms with van der Waals surface area (Å²) in [6.07, 6.45) is 0. The predicted molar refractivity (Wildman–Crippen MR) is 143 cm³/mol. The number of hydrogen-bond donors (Lipinski definition) is 2. The van der Waals surface area contributed by atoms with Gasteiger partial charge in [-0.3, -0.25) is 25.5 Å². The fraction of sp³-hybridized carbons (Fsp3) is 0.0714. The Morgan fingerprint density at radius 2 is 1.31 bits per heavy atom. The van der Waals surface area contributed by atoms with Gasteiger partial charge in [-0.15, -0.1) is 0 Å². The number of nitro benzene ring substituents is 2. The fourth-order valence-electron chi connectivity index (χ4n) is 3.98. The molecule has 4 aromatic rings. The molecule has 0 saturated heterocycles. The van der Waals surface area contributed by atoms with Gasteiger partial charge in [0.05, 0.1) is 21.0 Å². The summed E-state index contributed by atoms with van der Waals surface area (Å²) in [5, 5.41) is 40.8. The highest BCUT2D eigenvalue weighted by Crippen LogP contribution is 2.28. The quantitative estimate of drug-likeness (QED) is 0.0698. The average Bonchev–Trinajstić information content (AvgIpc) is 2.98. The number of aromatic carboxylic acids is 1. The van der Waals surface area contributed by atoms with Gasteiger partial charge in [-0.25, -0.2) is 14.5 Å². The standard InChI is InChI=1S/C28H20N2O12/c31-27(32)22-4-2-6-25(30(36)37)26(22)28(33)41-20-11-7-17(8-12-20)18-9-13-21(14-10-18)42-40-16-23-19(15-39-38)3-1-5-24(23)29(34)35/h1-14,38H,15-16H2,(H,31,32). The monoisotopic (exact) mass is 576 g/mol. The fourth-order valence-corrected chi connectivity index (χ4v) is 3.98. The van der Waals surface area contributed by atoms with Crippen LogP contribution in [0.3, 0.4) is 0 Å². The molecule has 0 aliphatic rings. The van der Waals surface area contributed by atoms with E-state index >= 15 is 0 Å². The van der Waals surface area contributed by atoms with Gasteiger partial charge in [0.15, 0.2) is 11.3 Å². The van der Waals surface area contributed by atoms with Crippen molar-refractivity contribution >= 4 is 23.3 Å². The number of rotatable bonds is 12.